The van der Waals surface area contributed by atoms with Crippen molar-refractivity contribution >= 4 is 17.3 Å². The standard InChI is InChI=1S/C14H14N4O3/c1-9(11-6-2-3-8-16-11)17-14(19)10-5-4-7-12(13(10)15)18(20)21/h2-9H,15H2,1H3,(H,17,19). The van der Waals surface area contributed by atoms with Crippen LogP contribution in [0.5, 0.6) is 0 Å². The zero-order valence-corrected chi connectivity index (χ0v) is 11.3. The molecule has 0 aliphatic heterocycles. The van der Waals surface area contributed by atoms with Gasteiger partial charge in [-0.3, -0.25) is 19.9 Å². The Morgan fingerprint density at radius 1 is 1.33 bits per heavy atom. The summed E-state index contributed by atoms with van der Waals surface area (Å²) in [7, 11) is 0. The van der Waals surface area contributed by atoms with Gasteiger partial charge in [-0.2, -0.15) is 0 Å². The molecular formula is C14H14N4O3. The van der Waals surface area contributed by atoms with Gasteiger partial charge in [0.25, 0.3) is 11.6 Å². The topological polar surface area (TPSA) is 111 Å². The summed E-state index contributed by atoms with van der Waals surface area (Å²) in [5, 5.41) is 13.5. The van der Waals surface area contributed by atoms with Gasteiger partial charge in [0.2, 0.25) is 0 Å². The van der Waals surface area contributed by atoms with Crippen LogP contribution >= 0.6 is 0 Å². The number of nitrogens with zero attached hydrogens (tertiary/aromatic N) is 2. The van der Waals surface area contributed by atoms with Gasteiger partial charge in [0, 0.05) is 12.3 Å². The average Bonchev–Trinajstić information content (AvgIpc) is 2.47. The lowest BCUT2D eigenvalue weighted by molar-refractivity contribution is -0.383. The maximum atomic E-state index is 12.2. The first-order chi connectivity index (χ1) is 10.0. The maximum absolute atomic E-state index is 12.2. The van der Waals surface area contributed by atoms with E-state index >= 15 is 0 Å². The van der Waals surface area contributed by atoms with Gasteiger partial charge in [0.05, 0.1) is 22.2 Å². The monoisotopic (exact) mass is 286 g/mol. The molecule has 0 aliphatic rings. The summed E-state index contributed by atoms with van der Waals surface area (Å²) in [4.78, 5) is 26.5. The minimum absolute atomic E-state index is 0.0759. The van der Waals surface area contributed by atoms with Crippen molar-refractivity contribution < 1.29 is 9.72 Å². The van der Waals surface area contributed by atoms with Crippen molar-refractivity contribution in [2.45, 2.75) is 13.0 Å². The number of nitrogen functional groups attached to an aromatic ring is 1. The van der Waals surface area contributed by atoms with Crippen LogP contribution in [-0.4, -0.2) is 15.8 Å². The molecule has 0 aliphatic carbocycles. The summed E-state index contributed by atoms with van der Waals surface area (Å²) in [5.74, 6) is -0.477. The highest BCUT2D eigenvalue weighted by atomic mass is 16.6. The van der Waals surface area contributed by atoms with Crippen molar-refractivity contribution in [2.75, 3.05) is 5.73 Å². The molecule has 2 aromatic rings. The van der Waals surface area contributed by atoms with Crippen molar-refractivity contribution in [3.8, 4) is 0 Å². The second kappa shape index (κ2) is 6.00. The molecule has 1 atom stereocenters. The lowest BCUT2D eigenvalue weighted by atomic mass is 10.1. The number of aromatic nitrogens is 1. The number of nitrogens with two attached hydrogens (primary N) is 1. The Morgan fingerprint density at radius 3 is 2.71 bits per heavy atom. The summed E-state index contributed by atoms with van der Waals surface area (Å²) in [6.45, 7) is 1.77. The molecule has 0 radical (unpaired) electrons. The van der Waals surface area contributed by atoms with E-state index in [2.05, 4.69) is 10.3 Å². The van der Waals surface area contributed by atoms with Crippen LogP contribution in [0.3, 0.4) is 0 Å². The largest absolute Gasteiger partial charge is 0.393 e. The predicted octanol–water partition coefficient (Wildman–Crippen LogP) is 2.06. The van der Waals surface area contributed by atoms with Crippen LogP contribution in [0.4, 0.5) is 11.4 Å². The van der Waals surface area contributed by atoms with E-state index in [9.17, 15) is 14.9 Å². The summed E-state index contributed by atoms with van der Waals surface area (Å²) in [6.07, 6.45) is 1.62. The normalized spacial score (nSPS) is 11.7. The molecule has 21 heavy (non-hydrogen) atoms. The number of nitrogens with one attached hydrogen (secondary N) is 1. The Hall–Kier alpha value is -2.96. The van der Waals surface area contributed by atoms with Crippen LogP contribution in [0.25, 0.3) is 0 Å². The van der Waals surface area contributed by atoms with E-state index in [0.29, 0.717) is 5.69 Å². The average molecular weight is 286 g/mol. The van der Waals surface area contributed by atoms with E-state index in [0.717, 1.165) is 0 Å². The summed E-state index contributed by atoms with van der Waals surface area (Å²) >= 11 is 0. The van der Waals surface area contributed by atoms with Gasteiger partial charge in [-0.15, -0.1) is 0 Å². The molecule has 7 heteroatoms. The molecule has 1 amide bonds. The Kier molecular flexibility index (Phi) is 4.13. The van der Waals surface area contributed by atoms with Gasteiger partial charge in [0.1, 0.15) is 5.69 Å². The Bertz CT molecular complexity index is 673. The molecular weight excluding hydrogens is 272 g/mol. The minimum atomic E-state index is -0.617. The summed E-state index contributed by atoms with van der Waals surface area (Å²) < 4.78 is 0. The van der Waals surface area contributed by atoms with E-state index < -0.39 is 10.8 Å². The van der Waals surface area contributed by atoms with Gasteiger partial charge >= 0.3 is 0 Å². The van der Waals surface area contributed by atoms with Gasteiger partial charge in [-0.25, -0.2) is 0 Å². The Labute approximate surface area is 121 Å². The molecule has 108 valence electrons. The molecule has 2 rings (SSSR count). The minimum Gasteiger partial charge on any atom is -0.393 e. The van der Waals surface area contributed by atoms with Crippen LogP contribution in [0.15, 0.2) is 42.6 Å². The van der Waals surface area contributed by atoms with E-state index in [1.165, 1.54) is 18.2 Å². The zero-order chi connectivity index (χ0) is 15.4. The summed E-state index contributed by atoms with van der Waals surface area (Å²) in [5.41, 5.74) is 6.02. The van der Waals surface area contributed by atoms with Crippen molar-refractivity contribution in [3.63, 3.8) is 0 Å². The van der Waals surface area contributed by atoms with Gasteiger partial charge in [-0.05, 0) is 25.1 Å². The number of anilines is 1. The quantitative estimate of drug-likeness (QED) is 0.507. The molecule has 1 aromatic carbocycles. The van der Waals surface area contributed by atoms with Crippen LogP contribution < -0.4 is 11.1 Å². The molecule has 0 saturated carbocycles. The zero-order valence-electron chi connectivity index (χ0n) is 11.3. The van der Waals surface area contributed by atoms with Crippen molar-refractivity contribution in [1.29, 1.82) is 0 Å². The number of carbonyl (C=O) groups excluding carboxylic acids is 1. The second-order valence-corrected chi connectivity index (χ2v) is 4.45. The number of hydrogen-bond donors (Lipinski definition) is 2. The fourth-order valence-corrected chi connectivity index (χ4v) is 1.89. The van der Waals surface area contributed by atoms with Crippen molar-refractivity contribution in [2.24, 2.45) is 0 Å². The van der Waals surface area contributed by atoms with Crippen LogP contribution in [0.2, 0.25) is 0 Å². The third kappa shape index (κ3) is 3.14. The predicted molar refractivity (Wildman–Crippen MR) is 77.6 cm³/mol. The highest BCUT2D eigenvalue weighted by Gasteiger charge is 2.20. The number of pyridine rings is 1. The smallest absolute Gasteiger partial charge is 0.292 e. The van der Waals surface area contributed by atoms with Gasteiger partial charge < -0.3 is 11.1 Å². The first kappa shape index (κ1) is 14.4. The number of rotatable bonds is 4. The number of para-hydroxylation sites is 1. The highest BCUT2D eigenvalue weighted by molar-refractivity contribution is 6.01. The molecule has 1 aromatic heterocycles. The van der Waals surface area contributed by atoms with Crippen LogP contribution in [0, 0.1) is 10.1 Å². The molecule has 1 unspecified atom stereocenters. The van der Waals surface area contributed by atoms with Crippen LogP contribution in [-0.2, 0) is 0 Å². The van der Waals surface area contributed by atoms with Gasteiger partial charge in [-0.1, -0.05) is 12.1 Å². The third-order valence-corrected chi connectivity index (χ3v) is 3.00. The van der Waals surface area contributed by atoms with E-state index in [4.69, 9.17) is 5.73 Å². The van der Waals surface area contributed by atoms with Crippen molar-refractivity contribution in [1.82, 2.24) is 10.3 Å². The van der Waals surface area contributed by atoms with Crippen LogP contribution in [0.1, 0.15) is 29.0 Å². The molecule has 0 saturated heterocycles. The first-order valence-corrected chi connectivity index (χ1v) is 6.25. The SMILES string of the molecule is CC(NC(=O)c1cccc([N+](=O)[O-])c1N)c1ccccn1. The fourth-order valence-electron chi connectivity index (χ4n) is 1.89. The fraction of sp³-hybridized carbons (Fsp3) is 0.143. The second-order valence-electron chi connectivity index (χ2n) is 4.45. The van der Waals surface area contributed by atoms with E-state index in [1.54, 1.807) is 25.3 Å². The molecule has 7 nitrogen and oxygen atoms in total. The van der Waals surface area contributed by atoms with Crippen molar-refractivity contribution in [3.05, 3.63) is 64.0 Å². The molecule has 0 bridgehead atoms. The summed E-state index contributed by atoms with van der Waals surface area (Å²) in [6, 6.07) is 9.16. The lowest BCUT2D eigenvalue weighted by Crippen LogP contribution is -2.28. The third-order valence-electron chi connectivity index (χ3n) is 3.00. The Balaban J connectivity index is 2.22. The number of carbonyl (C=O) groups is 1. The molecule has 1 heterocycles. The lowest BCUT2D eigenvalue weighted by Gasteiger charge is -2.14. The maximum Gasteiger partial charge on any atom is 0.292 e. The van der Waals surface area contributed by atoms with E-state index in [1.807, 2.05) is 6.07 Å². The number of hydrogen-bond acceptors (Lipinski definition) is 5. The number of nitro benzene ring substituents is 1. The highest BCUT2D eigenvalue weighted by Crippen LogP contribution is 2.25. The number of nitro groups is 1. The van der Waals surface area contributed by atoms with Gasteiger partial charge in [0.15, 0.2) is 0 Å². The first-order valence-electron chi connectivity index (χ1n) is 6.25. The molecule has 3 N–H and O–H groups in total. The molecule has 0 fully saturated rings. The Morgan fingerprint density at radius 2 is 2.10 bits per heavy atom. The number of benzene rings is 1. The number of amides is 1. The van der Waals surface area contributed by atoms with E-state index in [-0.39, 0.29) is 23.0 Å². The molecule has 0 spiro atoms.